The second-order valence-electron chi connectivity index (χ2n) is 5.01. The Morgan fingerprint density at radius 2 is 1.88 bits per heavy atom. The summed E-state index contributed by atoms with van der Waals surface area (Å²) < 4.78 is 13.1. The molecule has 0 aliphatic heterocycles. The van der Waals surface area contributed by atoms with E-state index in [2.05, 4.69) is 25.8 Å². The van der Waals surface area contributed by atoms with Crippen LogP contribution in [0.5, 0.6) is 0 Å². The summed E-state index contributed by atoms with van der Waals surface area (Å²) in [6.45, 7) is 6.18. The molecule has 1 aromatic carbocycles. The maximum absolute atomic E-state index is 13.1. The van der Waals surface area contributed by atoms with E-state index in [1.807, 2.05) is 6.07 Å². The van der Waals surface area contributed by atoms with E-state index in [0.29, 0.717) is 5.82 Å². The fourth-order valence-electron chi connectivity index (χ4n) is 1.76. The molecule has 0 radical (unpaired) electrons. The number of nitrogens with two attached hydrogens (primary N) is 1. The summed E-state index contributed by atoms with van der Waals surface area (Å²) in [6.07, 6.45) is 0. The highest BCUT2D eigenvalue weighted by atomic mass is 19.1. The third-order valence-corrected chi connectivity index (χ3v) is 2.61. The molecule has 2 rings (SSSR count). The van der Waals surface area contributed by atoms with E-state index in [4.69, 9.17) is 5.73 Å². The largest absolute Gasteiger partial charge is 0.383 e. The van der Waals surface area contributed by atoms with Crippen molar-refractivity contribution in [1.82, 2.24) is 4.98 Å². The van der Waals surface area contributed by atoms with Gasteiger partial charge >= 0.3 is 0 Å². The van der Waals surface area contributed by atoms with E-state index in [9.17, 15) is 4.39 Å². The van der Waals surface area contributed by atoms with E-state index < -0.39 is 0 Å². The number of pyridine rings is 1. The molecular weight excluding hydrogens is 203 g/mol. The average Bonchev–Trinajstić information content (AvgIpc) is 2.16. The molecule has 0 aliphatic rings. The van der Waals surface area contributed by atoms with Crippen molar-refractivity contribution in [3.05, 3.63) is 35.6 Å². The number of aromatic nitrogens is 1. The van der Waals surface area contributed by atoms with Crippen LogP contribution in [-0.2, 0) is 5.41 Å². The molecule has 16 heavy (non-hydrogen) atoms. The Kier molecular flexibility index (Phi) is 2.34. The van der Waals surface area contributed by atoms with Gasteiger partial charge in [0.05, 0.1) is 5.52 Å². The minimum Gasteiger partial charge on any atom is -0.383 e. The highest BCUT2D eigenvalue weighted by molar-refractivity contribution is 5.81. The zero-order chi connectivity index (χ0) is 11.9. The number of halogens is 1. The van der Waals surface area contributed by atoms with Crippen LogP contribution in [0.15, 0.2) is 24.3 Å². The van der Waals surface area contributed by atoms with Crippen LogP contribution in [0.3, 0.4) is 0 Å². The second-order valence-corrected chi connectivity index (χ2v) is 5.01. The highest BCUT2D eigenvalue weighted by Crippen LogP contribution is 2.29. The van der Waals surface area contributed by atoms with Gasteiger partial charge < -0.3 is 5.73 Å². The predicted molar refractivity (Wildman–Crippen MR) is 64.8 cm³/mol. The van der Waals surface area contributed by atoms with E-state index in [-0.39, 0.29) is 11.2 Å². The molecule has 0 bridgehead atoms. The van der Waals surface area contributed by atoms with Crippen molar-refractivity contribution < 1.29 is 4.39 Å². The first-order valence-electron chi connectivity index (χ1n) is 5.24. The minimum atomic E-state index is -0.251. The van der Waals surface area contributed by atoms with Gasteiger partial charge in [0, 0.05) is 10.9 Å². The van der Waals surface area contributed by atoms with Gasteiger partial charge in [-0.05, 0) is 29.7 Å². The van der Waals surface area contributed by atoms with Crippen LogP contribution in [0, 0.1) is 5.82 Å². The molecule has 2 nitrogen and oxygen atoms in total. The molecule has 2 aromatic rings. The van der Waals surface area contributed by atoms with Crippen LogP contribution in [0.25, 0.3) is 10.9 Å². The van der Waals surface area contributed by atoms with Gasteiger partial charge in [-0.3, -0.25) is 0 Å². The lowest BCUT2D eigenvalue weighted by atomic mass is 9.86. The lowest BCUT2D eigenvalue weighted by molar-refractivity contribution is 0.591. The molecular formula is C13H15FN2. The van der Waals surface area contributed by atoms with Gasteiger partial charge in [0.2, 0.25) is 0 Å². The number of benzene rings is 1. The molecule has 1 heterocycles. The van der Waals surface area contributed by atoms with Crippen molar-refractivity contribution in [2.75, 3.05) is 5.73 Å². The van der Waals surface area contributed by atoms with Crippen LogP contribution in [0.4, 0.5) is 10.2 Å². The van der Waals surface area contributed by atoms with Gasteiger partial charge in [-0.25, -0.2) is 9.37 Å². The number of anilines is 1. The normalized spacial score (nSPS) is 12.0. The van der Waals surface area contributed by atoms with Gasteiger partial charge in [-0.15, -0.1) is 0 Å². The van der Waals surface area contributed by atoms with E-state index >= 15 is 0 Å². The number of fused-ring (bicyclic) bond motifs is 1. The molecule has 0 fully saturated rings. The maximum atomic E-state index is 13.1. The second kappa shape index (κ2) is 3.44. The Hall–Kier alpha value is -1.64. The van der Waals surface area contributed by atoms with Gasteiger partial charge in [0.15, 0.2) is 0 Å². The summed E-state index contributed by atoms with van der Waals surface area (Å²) in [5.74, 6) is 0.269. The molecule has 0 spiro atoms. The van der Waals surface area contributed by atoms with Crippen LogP contribution in [-0.4, -0.2) is 4.98 Å². The van der Waals surface area contributed by atoms with Crippen LogP contribution < -0.4 is 5.73 Å². The fraction of sp³-hybridized carbons (Fsp3) is 0.308. The summed E-state index contributed by atoms with van der Waals surface area (Å²) in [4.78, 5) is 4.29. The van der Waals surface area contributed by atoms with E-state index in [1.54, 1.807) is 6.07 Å². The van der Waals surface area contributed by atoms with Crippen molar-refractivity contribution >= 4 is 16.7 Å². The summed E-state index contributed by atoms with van der Waals surface area (Å²) in [7, 11) is 0. The van der Waals surface area contributed by atoms with Crippen molar-refractivity contribution in [2.45, 2.75) is 26.2 Å². The standard InChI is InChI=1S/C13H15FN2/c1-13(2,3)10-7-8-6-9(14)4-5-11(8)16-12(10)15/h4-7H,1-3H3,(H2,15,16). The Bertz CT molecular complexity index is 541. The Labute approximate surface area is 94.3 Å². The van der Waals surface area contributed by atoms with Gasteiger partial charge in [-0.1, -0.05) is 20.8 Å². The molecule has 0 amide bonds. The summed E-state index contributed by atoms with van der Waals surface area (Å²) in [5.41, 5.74) is 7.50. The molecule has 3 heteroatoms. The maximum Gasteiger partial charge on any atom is 0.127 e. The third-order valence-electron chi connectivity index (χ3n) is 2.61. The predicted octanol–water partition coefficient (Wildman–Crippen LogP) is 3.25. The third kappa shape index (κ3) is 1.85. The SMILES string of the molecule is CC(C)(C)c1cc2cc(F)ccc2nc1N. The zero-order valence-electron chi connectivity index (χ0n) is 9.71. The molecule has 2 N–H and O–H groups in total. The number of hydrogen-bond donors (Lipinski definition) is 1. The van der Waals surface area contributed by atoms with E-state index in [0.717, 1.165) is 16.5 Å². The van der Waals surface area contributed by atoms with Crippen molar-refractivity contribution in [3.8, 4) is 0 Å². The summed E-state index contributed by atoms with van der Waals surface area (Å²) >= 11 is 0. The van der Waals surface area contributed by atoms with Crippen LogP contribution in [0.1, 0.15) is 26.3 Å². The van der Waals surface area contributed by atoms with Gasteiger partial charge in [0.1, 0.15) is 11.6 Å². The molecule has 0 saturated heterocycles. The first-order valence-corrected chi connectivity index (χ1v) is 5.24. The zero-order valence-corrected chi connectivity index (χ0v) is 9.71. The quantitative estimate of drug-likeness (QED) is 0.737. The first-order chi connectivity index (χ1) is 7.38. The van der Waals surface area contributed by atoms with Crippen molar-refractivity contribution in [1.29, 1.82) is 0 Å². The van der Waals surface area contributed by atoms with E-state index in [1.165, 1.54) is 12.1 Å². The number of rotatable bonds is 0. The monoisotopic (exact) mass is 218 g/mol. The van der Waals surface area contributed by atoms with Crippen molar-refractivity contribution in [2.24, 2.45) is 0 Å². The Morgan fingerprint density at radius 1 is 1.19 bits per heavy atom. The van der Waals surface area contributed by atoms with Crippen LogP contribution >= 0.6 is 0 Å². The highest BCUT2D eigenvalue weighted by Gasteiger charge is 2.18. The average molecular weight is 218 g/mol. The summed E-state index contributed by atoms with van der Waals surface area (Å²) in [5, 5.41) is 0.791. The Morgan fingerprint density at radius 3 is 2.50 bits per heavy atom. The van der Waals surface area contributed by atoms with Gasteiger partial charge in [0.25, 0.3) is 0 Å². The molecule has 1 aromatic heterocycles. The topological polar surface area (TPSA) is 38.9 Å². The van der Waals surface area contributed by atoms with Gasteiger partial charge in [-0.2, -0.15) is 0 Å². The minimum absolute atomic E-state index is 0.0857. The lowest BCUT2D eigenvalue weighted by Gasteiger charge is -2.21. The van der Waals surface area contributed by atoms with Crippen molar-refractivity contribution in [3.63, 3.8) is 0 Å². The lowest BCUT2D eigenvalue weighted by Crippen LogP contribution is -2.15. The smallest absolute Gasteiger partial charge is 0.127 e. The molecule has 0 aliphatic carbocycles. The molecule has 0 unspecified atom stereocenters. The Balaban J connectivity index is 2.74. The molecule has 0 atom stereocenters. The van der Waals surface area contributed by atoms with Crippen LogP contribution in [0.2, 0.25) is 0 Å². The fourth-order valence-corrected chi connectivity index (χ4v) is 1.76. The molecule has 0 saturated carbocycles. The summed E-state index contributed by atoms with van der Waals surface area (Å²) in [6, 6.07) is 6.44. The number of nitrogens with zero attached hydrogens (tertiary/aromatic N) is 1. The first kappa shape index (κ1) is 10.9. The number of hydrogen-bond acceptors (Lipinski definition) is 2. The number of nitrogen functional groups attached to an aromatic ring is 1. The molecule has 84 valence electrons.